The zero-order chi connectivity index (χ0) is 20.3. The molecule has 0 bridgehead atoms. The molecule has 0 spiro atoms. The number of halogens is 1. The smallest absolute Gasteiger partial charge is 0.315 e. The van der Waals surface area contributed by atoms with Gasteiger partial charge < -0.3 is 14.5 Å². The Bertz CT molecular complexity index is 729. The average Bonchev–Trinajstić information content (AvgIpc) is 2.60. The van der Waals surface area contributed by atoms with E-state index in [1.54, 1.807) is 42.5 Å². The molecule has 14 heteroatoms. The summed E-state index contributed by atoms with van der Waals surface area (Å²) >= 11 is 0. The van der Waals surface area contributed by atoms with E-state index in [0.29, 0.717) is 28.7 Å². The van der Waals surface area contributed by atoms with Gasteiger partial charge in [0.1, 0.15) is 11.6 Å². The van der Waals surface area contributed by atoms with Crippen LogP contribution in [0, 0.1) is 13.8 Å². The first-order valence-corrected chi connectivity index (χ1v) is 8.17. The van der Waals surface area contributed by atoms with Crippen molar-refractivity contribution >= 4 is 45.5 Å². The van der Waals surface area contributed by atoms with Gasteiger partial charge in [0.15, 0.2) is 0 Å². The summed E-state index contributed by atoms with van der Waals surface area (Å²) in [5, 5.41) is 0.329. The van der Waals surface area contributed by atoms with Gasteiger partial charge in [-0.05, 0) is 27.9 Å². The van der Waals surface area contributed by atoms with Crippen LogP contribution in [0.1, 0.15) is 11.6 Å². The number of nitrogens with zero attached hydrogens (tertiary/aromatic N) is 10. The first-order valence-electron chi connectivity index (χ1n) is 8.17. The van der Waals surface area contributed by atoms with Crippen molar-refractivity contribution in [1.82, 2.24) is 29.9 Å². The van der Waals surface area contributed by atoms with Gasteiger partial charge in [0.25, 0.3) is 5.95 Å². The number of hydrogen-bond acceptors (Lipinski definition) is 10. The van der Waals surface area contributed by atoms with Crippen molar-refractivity contribution in [3.05, 3.63) is 11.6 Å². The highest BCUT2D eigenvalue weighted by atomic mass is 19.2. The molecule has 3 radical (unpaired) electrons. The Morgan fingerprint density at radius 1 is 0.741 bits per heavy atom. The monoisotopic (exact) mass is 369 g/mol. The zero-order valence-electron chi connectivity index (χ0n) is 16.6. The predicted molar refractivity (Wildman–Crippen MR) is 107 cm³/mol. The van der Waals surface area contributed by atoms with Crippen molar-refractivity contribution in [3.63, 3.8) is 0 Å². The van der Waals surface area contributed by atoms with Crippen molar-refractivity contribution in [3.8, 4) is 0 Å². The maximum absolute atomic E-state index is 13.5. The van der Waals surface area contributed by atoms with E-state index in [2.05, 4.69) is 29.9 Å². The summed E-state index contributed by atoms with van der Waals surface area (Å²) in [4.78, 5) is 30.7. The Hall–Kier alpha value is -2.66. The van der Waals surface area contributed by atoms with E-state index in [1.165, 1.54) is 14.1 Å². The lowest BCUT2D eigenvalue weighted by Crippen LogP contribution is -2.56. The third-order valence-corrected chi connectivity index (χ3v) is 3.72. The Balaban J connectivity index is 2.38. The van der Waals surface area contributed by atoms with Crippen molar-refractivity contribution in [2.75, 3.05) is 54.9 Å². The van der Waals surface area contributed by atoms with Crippen LogP contribution in [0.4, 0.5) is 28.3 Å². The summed E-state index contributed by atoms with van der Waals surface area (Å²) in [6.07, 6.45) is 0. The molecule has 0 saturated carbocycles. The van der Waals surface area contributed by atoms with Gasteiger partial charge in [-0.2, -0.15) is 35.0 Å². The fourth-order valence-electron chi connectivity index (χ4n) is 2.32. The minimum absolute atomic E-state index is 0.0892. The molecule has 139 valence electrons. The van der Waals surface area contributed by atoms with Crippen molar-refractivity contribution in [2.45, 2.75) is 13.8 Å². The molecule has 0 aliphatic heterocycles. The molecule has 0 fully saturated rings. The minimum atomic E-state index is -0.499. The summed E-state index contributed by atoms with van der Waals surface area (Å²) in [5.41, 5.74) is 0. The van der Waals surface area contributed by atoms with E-state index in [-0.39, 0.29) is 11.9 Å². The molecule has 2 aromatic heterocycles. The van der Waals surface area contributed by atoms with Crippen molar-refractivity contribution in [1.29, 1.82) is 0 Å². The number of aromatic nitrogens is 6. The van der Waals surface area contributed by atoms with Gasteiger partial charge >= 0.3 is 6.87 Å². The molecule has 0 aromatic carbocycles. The second-order valence-electron chi connectivity index (χ2n) is 6.16. The molecule has 2 rings (SSSR count). The first-order chi connectivity index (χ1) is 12.6. The van der Waals surface area contributed by atoms with E-state index in [9.17, 15) is 4.48 Å². The molecule has 27 heavy (non-hydrogen) atoms. The van der Waals surface area contributed by atoms with Crippen LogP contribution in [0.2, 0.25) is 0 Å². The molecule has 10 nitrogen and oxygen atoms in total. The fraction of sp³-hybridized carbons (Fsp3) is 0.538. The second-order valence-corrected chi connectivity index (χ2v) is 6.16. The van der Waals surface area contributed by atoms with Gasteiger partial charge in [-0.15, -0.1) is 0 Å². The van der Waals surface area contributed by atoms with Gasteiger partial charge in [-0.1, -0.05) is 4.48 Å². The number of anilines is 4. The Morgan fingerprint density at radius 3 is 1.56 bits per heavy atom. The van der Waals surface area contributed by atoms with Gasteiger partial charge in [0, 0.05) is 28.9 Å². The molecule has 0 saturated heterocycles. The Kier molecular flexibility index (Phi) is 6.39. The van der Waals surface area contributed by atoms with Gasteiger partial charge in [0.05, 0.1) is 7.06 Å². The van der Waals surface area contributed by atoms with Crippen LogP contribution in [0.15, 0.2) is 0 Å². The molecule has 0 amide bonds. The highest BCUT2D eigenvalue weighted by Gasteiger charge is 2.28. The standard InChI is InChI=1S/C13H21B3FN10/c1-8-18-10(24(3)4)22-11(19-8)25(5)16(15-14)26(6)12-20-9(2)21-13(23-12)27(7)17/h1-7H3. The molecular weight excluding hydrogens is 348 g/mol. The molecule has 2 aromatic rings. The second kappa shape index (κ2) is 8.36. The van der Waals surface area contributed by atoms with E-state index < -0.39 is 6.87 Å². The summed E-state index contributed by atoms with van der Waals surface area (Å²) in [6, 6.07) is 0. The van der Waals surface area contributed by atoms with E-state index in [1.807, 2.05) is 14.1 Å². The molecule has 2 heterocycles. The average molecular weight is 369 g/mol. The normalized spacial score (nSPS) is 10.4. The maximum Gasteiger partial charge on any atom is 0.315 e. The fourth-order valence-corrected chi connectivity index (χ4v) is 2.32. The molecule has 0 unspecified atom stereocenters. The third kappa shape index (κ3) is 4.74. The van der Waals surface area contributed by atoms with E-state index in [0.717, 1.165) is 0 Å². The van der Waals surface area contributed by atoms with Gasteiger partial charge in [0.2, 0.25) is 17.8 Å². The largest absolute Gasteiger partial charge is 0.375 e. The number of aryl methyl sites for hydroxylation is 2. The maximum atomic E-state index is 13.5. The highest BCUT2D eigenvalue weighted by Crippen LogP contribution is 2.17. The van der Waals surface area contributed by atoms with Crippen molar-refractivity contribution < 1.29 is 4.48 Å². The lowest BCUT2D eigenvalue weighted by Gasteiger charge is -2.32. The molecule has 0 aliphatic rings. The number of rotatable bonds is 7. The Labute approximate surface area is 160 Å². The zero-order valence-corrected chi connectivity index (χ0v) is 16.6. The van der Waals surface area contributed by atoms with Gasteiger partial charge in [-0.25, -0.2) is 0 Å². The lowest BCUT2D eigenvalue weighted by atomic mass is 9.24. The summed E-state index contributed by atoms with van der Waals surface area (Å²) in [5.74, 6) is 2.09. The van der Waals surface area contributed by atoms with Crippen LogP contribution in [0.5, 0.6) is 0 Å². The topological polar surface area (TPSA) is 90.3 Å². The molecule has 0 atom stereocenters. The Morgan fingerprint density at radius 2 is 1.15 bits per heavy atom. The first kappa shape index (κ1) is 20.7. The number of hydrogen-bond donors (Lipinski definition) is 0. The molecule has 0 N–H and O–H groups in total. The van der Waals surface area contributed by atoms with Gasteiger partial charge in [-0.3, -0.25) is 0 Å². The predicted octanol–water partition coefficient (Wildman–Crippen LogP) is -0.595. The summed E-state index contributed by atoms with van der Waals surface area (Å²) in [6.45, 7) is 2.95. The SMILES string of the molecule is [B][B]B(N(C)c1nc(C)nc(N(C)C)n1)N(C)c1nc(C)nc(N(C)F)n1. The molecular formula is C13H21B3FN10. The summed E-state index contributed by atoms with van der Waals surface area (Å²) in [7, 11) is 15.8. The highest BCUT2D eigenvalue weighted by molar-refractivity contribution is 7.33. The van der Waals surface area contributed by atoms with E-state index in [4.69, 9.17) is 7.74 Å². The van der Waals surface area contributed by atoms with Crippen molar-refractivity contribution in [2.24, 2.45) is 0 Å². The van der Waals surface area contributed by atoms with E-state index >= 15 is 0 Å². The lowest BCUT2D eigenvalue weighted by molar-refractivity contribution is 0.462. The molecule has 0 aliphatic carbocycles. The quantitative estimate of drug-likeness (QED) is 0.466. The summed E-state index contributed by atoms with van der Waals surface area (Å²) < 4.78 is 13.5. The van der Waals surface area contributed by atoms with Crippen LogP contribution < -0.4 is 19.6 Å². The van der Waals surface area contributed by atoms with Crippen LogP contribution in [-0.4, -0.2) is 86.8 Å². The van der Waals surface area contributed by atoms with Crippen LogP contribution in [-0.2, 0) is 0 Å². The third-order valence-electron chi connectivity index (χ3n) is 3.72. The minimum Gasteiger partial charge on any atom is -0.375 e. The van der Waals surface area contributed by atoms with Crippen LogP contribution in [0.3, 0.4) is 0 Å². The van der Waals surface area contributed by atoms with Crippen LogP contribution in [0.25, 0.3) is 0 Å². The van der Waals surface area contributed by atoms with Crippen LogP contribution >= 0.6 is 0 Å².